The molecule has 1 aliphatic heterocycles. The number of benzene rings is 1. The summed E-state index contributed by atoms with van der Waals surface area (Å²) in [5.41, 5.74) is 3.18. The molecule has 0 aliphatic carbocycles. The Morgan fingerprint density at radius 1 is 1.26 bits per heavy atom. The van der Waals surface area contributed by atoms with E-state index in [1.54, 1.807) is 0 Å². The van der Waals surface area contributed by atoms with Gasteiger partial charge in [-0.25, -0.2) is 9.59 Å². The largest absolute Gasteiger partial charge is 0.477 e. The van der Waals surface area contributed by atoms with E-state index in [1.807, 2.05) is 30.3 Å². The Hall–Kier alpha value is -2.76. The first-order valence-electron chi connectivity index (χ1n) is 5.55. The molecular formula is C13H12N2O4. The number of amides is 1. The molecule has 0 aromatic heterocycles. The zero-order chi connectivity index (χ0) is 13.7. The van der Waals surface area contributed by atoms with Gasteiger partial charge in [-0.1, -0.05) is 30.3 Å². The van der Waals surface area contributed by atoms with Crippen LogP contribution in [0.3, 0.4) is 0 Å². The second-order valence-corrected chi connectivity index (χ2v) is 3.75. The minimum absolute atomic E-state index is 0.0980. The molecule has 19 heavy (non-hydrogen) atoms. The monoisotopic (exact) mass is 260 g/mol. The van der Waals surface area contributed by atoms with Crippen molar-refractivity contribution in [2.75, 3.05) is 0 Å². The number of nitrogens with zero attached hydrogens (tertiary/aromatic N) is 1. The van der Waals surface area contributed by atoms with Crippen LogP contribution in [0, 0.1) is 0 Å². The summed E-state index contributed by atoms with van der Waals surface area (Å²) in [7, 11) is 0. The van der Waals surface area contributed by atoms with Gasteiger partial charge in [0.15, 0.2) is 0 Å². The van der Waals surface area contributed by atoms with Crippen LogP contribution in [0.5, 0.6) is 0 Å². The van der Waals surface area contributed by atoms with Gasteiger partial charge >= 0.3 is 12.1 Å². The summed E-state index contributed by atoms with van der Waals surface area (Å²) >= 11 is 0. The fourth-order valence-corrected chi connectivity index (χ4v) is 1.44. The van der Waals surface area contributed by atoms with E-state index in [0.29, 0.717) is 0 Å². The van der Waals surface area contributed by atoms with Gasteiger partial charge in [-0.2, -0.15) is 5.01 Å². The van der Waals surface area contributed by atoms with Crippen LogP contribution in [-0.2, 0) is 16.1 Å². The molecule has 6 heteroatoms. The topological polar surface area (TPSA) is 78.9 Å². The summed E-state index contributed by atoms with van der Waals surface area (Å²) in [6, 6.07) is 9.20. The highest BCUT2D eigenvalue weighted by atomic mass is 16.6. The molecule has 0 unspecified atom stereocenters. The lowest BCUT2D eigenvalue weighted by atomic mass is 10.2. The molecule has 0 saturated carbocycles. The lowest BCUT2D eigenvalue weighted by Crippen LogP contribution is -2.41. The molecule has 0 spiro atoms. The van der Waals surface area contributed by atoms with Crippen molar-refractivity contribution in [3.63, 3.8) is 0 Å². The maximum Gasteiger partial charge on any atom is 0.433 e. The number of carboxylic acid groups (broad SMARTS) is 1. The minimum Gasteiger partial charge on any atom is -0.477 e. The fraction of sp³-hybridized carbons (Fsp3) is 0.0769. The molecule has 1 aliphatic rings. The fourth-order valence-electron chi connectivity index (χ4n) is 1.44. The number of carbonyl (C=O) groups excluding carboxylic acids is 1. The molecule has 1 amide bonds. The van der Waals surface area contributed by atoms with Crippen LogP contribution in [0.2, 0.25) is 0 Å². The van der Waals surface area contributed by atoms with Gasteiger partial charge in [0.25, 0.3) is 0 Å². The smallest absolute Gasteiger partial charge is 0.433 e. The van der Waals surface area contributed by atoms with E-state index < -0.39 is 12.1 Å². The Labute approximate surface area is 109 Å². The quantitative estimate of drug-likeness (QED) is 0.863. The minimum atomic E-state index is -1.15. The number of hydrazine groups is 1. The molecule has 0 radical (unpaired) electrons. The SMILES string of the molecule is O=C(O)C1=CC=CN(C(=O)OCc2ccccc2)N1. The summed E-state index contributed by atoms with van der Waals surface area (Å²) in [6.07, 6.45) is 3.51. The molecule has 98 valence electrons. The molecule has 0 saturated heterocycles. The second-order valence-electron chi connectivity index (χ2n) is 3.75. The highest BCUT2D eigenvalue weighted by Crippen LogP contribution is 2.06. The van der Waals surface area contributed by atoms with Gasteiger partial charge in [-0.15, -0.1) is 0 Å². The Kier molecular flexibility index (Phi) is 3.82. The Balaban J connectivity index is 1.90. The summed E-state index contributed by atoms with van der Waals surface area (Å²) in [4.78, 5) is 22.5. The number of rotatable bonds is 3. The zero-order valence-corrected chi connectivity index (χ0v) is 9.95. The average Bonchev–Trinajstić information content (AvgIpc) is 2.46. The third kappa shape index (κ3) is 3.35. The van der Waals surface area contributed by atoms with Crippen molar-refractivity contribution < 1.29 is 19.4 Å². The number of carbonyl (C=O) groups is 2. The maximum atomic E-state index is 11.7. The normalized spacial score (nSPS) is 13.5. The molecule has 0 atom stereocenters. The number of allylic oxidation sites excluding steroid dienone is 2. The maximum absolute atomic E-state index is 11.7. The van der Waals surface area contributed by atoms with Crippen molar-refractivity contribution in [1.29, 1.82) is 0 Å². The molecule has 2 rings (SSSR count). The number of hydrogen-bond acceptors (Lipinski definition) is 4. The van der Waals surface area contributed by atoms with E-state index in [-0.39, 0.29) is 12.3 Å². The van der Waals surface area contributed by atoms with Crippen LogP contribution >= 0.6 is 0 Å². The first-order valence-corrected chi connectivity index (χ1v) is 5.55. The van der Waals surface area contributed by atoms with E-state index >= 15 is 0 Å². The van der Waals surface area contributed by atoms with Crippen molar-refractivity contribution in [2.24, 2.45) is 0 Å². The summed E-state index contributed by atoms with van der Waals surface area (Å²) in [5.74, 6) is -1.15. The van der Waals surface area contributed by atoms with E-state index in [1.165, 1.54) is 18.4 Å². The molecular weight excluding hydrogens is 248 g/mol. The Bertz CT molecular complexity index is 537. The second kappa shape index (κ2) is 5.72. The first-order chi connectivity index (χ1) is 9.16. The number of nitrogens with one attached hydrogen (secondary N) is 1. The molecule has 1 aromatic carbocycles. The molecule has 6 nitrogen and oxygen atoms in total. The van der Waals surface area contributed by atoms with Gasteiger partial charge < -0.3 is 9.84 Å². The first kappa shape index (κ1) is 12.7. The van der Waals surface area contributed by atoms with Crippen LogP contribution in [0.1, 0.15) is 5.56 Å². The van der Waals surface area contributed by atoms with E-state index in [4.69, 9.17) is 9.84 Å². The van der Waals surface area contributed by atoms with Crippen LogP contribution in [0.4, 0.5) is 4.79 Å². The third-order valence-electron chi connectivity index (χ3n) is 2.37. The number of hydrogen-bond donors (Lipinski definition) is 2. The van der Waals surface area contributed by atoms with Gasteiger partial charge in [0.05, 0.1) is 0 Å². The van der Waals surface area contributed by atoms with E-state index in [2.05, 4.69) is 5.43 Å². The highest BCUT2D eigenvalue weighted by Gasteiger charge is 2.18. The Morgan fingerprint density at radius 3 is 2.68 bits per heavy atom. The summed E-state index contributed by atoms with van der Waals surface area (Å²) in [5, 5.41) is 9.78. The zero-order valence-electron chi connectivity index (χ0n) is 9.95. The molecule has 2 N–H and O–H groups in total. The van der Waals surface area contributed by atoms with Crippen LogP contribution in [-0.4, -0.2) is 22.2 Å². The van der Waals surface area contributed by atoms with Crippen molar-refractivity contribution in [3.05, 3.63) is 59.9 Å². The summed E-state index contributed by atoms with van der Waals surface area (Å²) in [6.45, 7) is 0.123. The molecule has 0 fully saturated rings. The Morgan fingerprint density at radius 2 is 2.00 bits per heavy atom. The third-order valence-corrected chi connectivity index (χ3v) is 2.37. The van der Waals surface area contributed by atoms with Crippen molar-refractivity contribution >= 4 is 12.1 Å². The van der Waals surface area contributed by atoms with Crippen molar-refractivity contribution in [2.45, 2.75) is 6.61 Å². The van der Waals surface area contributed by atoms with Crippen LogP contribution in [0.15, 0.2) is 54.4 Å². The van der Waals surface area contributed by atoms with Gasteiger partial charge in [-0.3, -0.25) is 5.43 Å². The number of aliphatic carboxylic acids is 1. The number of carboxylic acids is 1. The molecule has 0 bridgehead atoms. The van der Waals surface area contributed by atoms with E-state index in [9.17, 15) is 9.59 Å². The van der Waals surface area contributed by atoms with Crippen LogP contribution in [0.25, 0.3) is 0 Å². The van der Waals surface area contributed by atoms with Crippen molar-refractivity contribution in [1.82, 2.24) is 10.4 Å². The predicted molar refractivity (Wildman–Crippen MR) is 66.5 cm³/mol. The van der Waals surface area contributed by atoms with Crippen molar-refractivity contribution in [3.8, 4) is 0 Å². The van der Waals surface area contributed by atoms with E-state index in [0.717, 1.165) is 10.6 Å². The van der Waals surface area contributed by atoms with Gasteiger partial charge in [-0.05, 0) is 17.7 Å². The standard InChI is InChI=1S/C13H12N2O4/c16-12(17)11-7-4-8-15(14-11)13(18)19-9-10-5-2-1-3-6-10/h1-8,14H,9H2,(H,16,17). The van der Waals surface area contributed by atoms with Crippen LogP contribution < -0.4 is 5.43 Å². The lowest BCUT2D eigenvalue weighted by molar-refractivity contribution is -0.133. The highest BCUT2D eigenvalue weighted by molar-refractivity contribution is 5.87. The van der Waals surface area contributed by atoms with Gasteiger partial charge in [0.1, 0.15) is 12.3 Å². The van der Waals surface area contributed by atoms with Gasteiger partial charge in [0, 0.05) is 6.20 Å². The molecule has 1 heterocycles. The lowest BCUT2D eigenvalue weighted by Gasteiger charge is -2.22. The summed E-state index contributed by atoms with van der Waals surface area (Å²) < 4.78 is 5.05. The average molecular weight is 260 g/mol. The van der Waals surface area contributed by atoms with Gasteiger partial charge in [0.2, 0.25) is 0 Å². The molecule has 1 aromatic rings. The predicted octanol–water partition coefficient (Wildman–Crippen LogP) is 1.63. The number of ether oxygens (including phenoxy) is 1.